The standard InChI is InChI=1S/C10H22N2O2.ClH/c1-10(2)9-12(5-8-14-10)4-7-13-6-3-11;/h3-9,11H2,1-2H3;1H. The maximum atomic E-state index is 5.62. The summed E-state index contributed by atoms with van der Waals surface area (Å²) in [6.07, 6.45) is 0. The molecule has 5 heteroatoms. The van der Waals surface area contributed by atoms with Crippen LogP contribution in [0.1, 0.15) is 13.8 Å². The first-order chi connectivity index (χ1) is 6.64. The smallest absolute Gasteiger partial charge is 0.0753 e. The van der Waals surface area contributed by atoms with Crippen molar-refractivity contribution >= 4 is 12.4 Å². The first-order valence-corrected chi connectivity index (χ1v) is 5.28. The van der Waals surface area contributed by atoms with Gasteiger partial charge in [0.2, 0.25) is 0 Å². The Hall–Kier alpha value is 0.130. The third kappa shape index (κ3) is 6.33. The maximum Gasteiger partial charge on any atom is 0.0753 e. The molecule has 0 bridgehead atoms. The highest BCUT2D eigenvalue weighted by Gasteiger charge is 2.26. The van der Waals surface area contributed by atoms with Crippen molar-refractivity contribution < 1.29 is 9.47 Å². The van der Waals surface area contributed by atoms with Crippen LogP contribution in [0.5, 0.6) is 0 Å². The lowest BCUT2D eigenvalue weighted by Gasteiger charge is -2.38. The van der Waals surface area contributed by atoms with Gasteiger partial charge in [0.25, 0.3) is 0 Å². The van der Waals surface area contributed by atoms with Crippen molar-refractivity contribution in [3.8, 4) is 0 Å². The lowest BCUT2D eigenvalue weighted by Crippen LogP contribution is -2.49. The number of nitrogens with two attached hydrogens (primary N) is 1. The molecular formula is C10H23ClN2O2. The molecule has 0 spiro atoms. The Bertz CT molecular complexity index is 168. The van der Waals surface area contributed by atoms with Crippen LogP contribution < -0.4 is 5.73 Å². The molecule has 0 aliphatic carbocycles. The van der Waals surface area contributed by atoms with E-state index in [2.05, 4.69) is 18.7 Å². The number of halogens is 1. The van der Waals surface area contributed by atoms with Gasteiger partial charge in [-0.05, 0) is 13.8 Å². The molecule has 0 radical (unpaired) electrons. The third-order valence-electron chi connectivity index (χ3n) is 2.32. The molecule has 92 valence electrons. The predicted molar refractivity (Wildman–Crippen MR) is 63.6 cm³/mol. The van der Waals surface area contributed by atoms with Gasteiger partial charge in [-0.15, -0.1) is 12.4 Å². The van der Waals surface area contributed by atoms with E-state index < -0.39 is 0 Å². The van der Waals surface area contributed by atoms with E-state index in [-0.39, 0.29) is 18.0 Å². The average Bonchev–Trinajstić information content (AvgIpc) is 2.11. The lowest BCUT2D eigenvalue weighted by atomic mass is 10.1. The van der Waals surface area contributed by atoms with Gasteiger partial charge in [-0.25, -0.2) is 0 Å². The van der Waals surface area contributed by atoms with Gasteiger partial charge in [-0.1, -0.05) is 0 Å². The molecule has 1 fully saturated rings. The van der Waals surface area contributed by atoms with Crippen LogP contribution in [-0.2, 0) is 9.47 Å². The van der Waals surface area contributed by atoms with Gasteiger partial charge in [-0.3, -0.25) is 4.90 Å². The highest BCUT2D eigenvalue weighted by molar-refractivity contribution is 5.85. The normalized spacial score (nSPS) is 21.0. The molecule has 0 aromatic heterocycles. The summed E-state index contributed by atoms with van der Waals surface area (Å²) in [6, 6.07) is 0. The number of ether oxygens (including phenoxy) is 2. The van der Waals surface area contributed by atoms with E-state index in [1.165, 1.54) is 0 Å². The highest BCUT2D eigenvalue weighted by atomic mass is 35.5. The molecule has 1 aliphatic rings. The number of hydrogen-bond donors (Lipinski definition) is 1. The van der Waals surface area contributed by atoms with Crippen LogP contribution >= 0.6 is 12.4 Å². The van der Waals surface area contributed by atoms with Gasteiger partial charge in [-0.2, -0.15) is 0 Å². The molecule has 0 aromatic carbocycles. The van der Waals surface area contributed by atoms with Crippen molar-refractivity contribution in [2.45, 2.75) is 19.4 Å². The van der Waals surface area contributed by atoms with Gasteiger partial charge >= 0.3 is 0 Å². The first-order valence-electron chi connectivity index (χ1n) is 5.28. The summed E-state index contributed by atoms with van der Waals surface area (Å²) in [6.45, 7) is 10.1. The summed E-state index contributed by atoms with van der Waals surface area (Å²) in [5.74, 6) is 0. The fourth-order valence-electron chi connectivity index (χ4n) is 1.68. The minimum atomic E-state index is -0.00782. The summed E-state index contributed by atoms with van der Waals surface area (Å²) in [7, 11) is 0. The van der Waals surface area contributed by atoms with Gasteiger partial charge in [0, 0.05) is 26.2 Å². The zero-order valence-electron chi connectivity index (χ0n) is 9.70. The molecule has 4 nitrogen and oxygen atoms in total. The summed E-state index contributed by atoms with van der Waals surface area (Å²) in [5.41, 5.74) is 5.32. The van der Waals surface area contributed by atoms with Crippen LogP contribution in [0, 0.1) is 0 Å². The zero-order chi connectivity index (χ0) is 10.4. The Morgan fingerprint density at radius 3 is 2.73 bits per heavy atom. The largest absolute Gasteiger partial charge is 0.379 e. The number of rotatable bonds is 5. The molecule has 0 amide bonds. The van der Waals surface area contributed by atoms with Crippen molar-refractivity contribution in [2.75, 3.05) is 46.0 Å². The Kier molecular flexibility index (Phi) is 7.48. The highest BCUT2D eigenvalue weighted by Crippen LogP contribution is 2.15. The third-order valence-corrected chi connectivity index (χ3v) is 2.32. The second-order valence-corrected chi connectivity index (χ2v) is 4.29. The second-order valence-electron chi connectivity index (χ2n) is 4.29. The van der Waals surface area contributed by atoms with Crippen LogP contribution in [0.2, 0.25) is 0 Å². The Labute approximate surface area is 98.5 Å². The fraction of sp³-hybridized carbons (Fsp3) is 1.00. The van der Waals surface area contributed by atoms with Crippen LogP contribution in [0.3, 0.4) is 0 Å². The first kappa shape index (κ1) is 15.1. The van der Waals surface area contributed by atoms with E-state index in [1.54, 1.807) is 0 Å². The van der Waals surface area contributed by atoms with E-state index in [0.717, 1.165) is 32.8 Å². The van der Waals surface area contributed by atoms with Gasteiger partial charge < -0.3 is 15.2 Å². The second kappa shape index (κ2) is 7.41. The van der Waals surface area contributed by atoms with Gasteiger partial charge in [0.05, 0.1) is 25.4 Å². The van der Waals surface area contributed by atoms with E-state index in [0.29, 0.717) is 13.2 Å². The molecule has 1 saturated heterocycles. The molecule has 0 aromatic rings. The van der Waals surface area contributed by atoms with Crippen LogP contribution in [-0.4, -0.2) is 56.5 Å². The van der Waals surface area contributed by atoms with E-state index in [9.17, 15) is 0 Å². The number of hydrogen-bond acceptors (Lipinski definition) is 4. The molecule has 2 N–H and O–H groups in total. The van der Waals surface area contributed by atoms with E-state index in [4.69, 9.17) is 15.2 Å². The van der Waals surface area contributed by atoms with Crippen LogP contribution in [0.4, 0.5) is 0 Å². The topological polar surface area (TPSA) is 47.7 Å². The number of morpholine rings is 1. The van der Waals surface area contributed by atoms with Crippen molar-refractivity contribution in [3.63, 3.8) is 0 Å². The SMILES string of the molecule is CC1(C)CN(CCOCCN)CCO1.Cl. The molecular weight excluding hydrogens is 216 g/mol. The van der Waals surface area contributed by atoms with E-state index >= 15 is 0 Å². The predicted octanol–water partition coefficient (Wildman–Crippen LogP) is 0.494. The molecule has 15 heavy (non-hydrogen) atoms. The van der Waals surface area contributed by atoms with Crippen molar-refractivity contribution in [1.29, 1.82) is 0 Å². The summed E-state index contributed by atoms with van der Waals surface area (Å²) in [5, 5.41) is 0. The maximum absolute atomic E-state index is 5.62. The van der Waals surface area contributed by atoms with Gasteiger partial charge in [0.1, 0.15) is 0 Å². The van der Waals surface area contributed by atoms with Crippen molar-refractivity contribution in [1.82, 2.24) is 4.90 Å². The lowest BCUT2D eigenvalue weighted by molar-refractivity contribution is -0.0898. The van der Waals surface area contributed by atoms with Crippen LogP contribution in [0.25, 0.3) is 0 Å². The Morgan fingerprint density at radius 1 is 1.40 bits per heavy atom. The van der Waals surface area contributed by atoms with Gasteiger partial charge in [0.15, 0.2) is 0 Å². The molecule has 1 aliphatic heterocycles. The molecule has 1 rings (SSSR count). The average molecular weight is 239 g/mol. The zero-order valence-corrected chi connectivity index (χ0v) is 10.5. The minimum absolute atomic E-state index is 0. The molecule has 1 heterocycles. The molecule has 0 unspecified atom stereocenters. The fourth-order valence-corrected chi connectivity index (χ4v) is 1.68. The monoisotopic (exact) mass is 238 g/mol. The quantitative estimate of drug-likeness (QED) is 0.709. The Balaban J connectivity index is 0.00000196. The Morgan fingerprint density at radius 2 is 2.13 bits per heavy atom. The summed E-state index contributed by atoms with van der Waals surface area (Å²) >= 11 is 0. The van der Waals surface area contributed by atoms with Crippen molar-refractivity contribution in [2.24, 2.45) is 5.73 Å². The minimum Gasteiger partial charge on any atom is -0.379 e. The molecule has 0 atom stereocenters. The molecule has 0 saturated carbocycles. The number of nitrogens with zero attached hydrogens (tertiary/aromatic N) is 1. The van der Waals surface area contributed by atoms with Crippen LogP contribution in [0.15, 0.2) is 0 Å². The van der Waals surface area contributed by atoms with E-state index in [1.807, 2.05) is 0 Å². The summed E-state index contributed by atoms with van der Waals surface area (Å²) < 4.78 is 11.0. The van der Waals surface area contributed by atoms with Crippen molar-refractivity contribution in [3.05, 3.63) is 0 Å². The summed E-state index contributed by atoms with van der Waals surface area (Å²) in [4.78, 5) is 2.38.